The highest BCUT2D eigenvalue weighted by atomic mass is 35.5. The lowest BCUT2D eigenvalue weighted by Gasteiger charge is -2.36. The van der Waals surface area contributed by atoms with E-state index in [-0.39, 0.29) is 5.91 Å². The number of amides is 1. The summed E-state index contributed by atoms with van der Waals surface area (Å²) in [5, 5.41) is 3.61. The third kappa shape index (κ3) is 6.73. The van der Waals surface area contributed by atoms with Gasteiger partial charge in [0.25, 0.3) is 0 Å². The molecule has 0 aromatic heterocycles. The van der Waals surface area contributed by atoms with Gasteiger partial charge in [-0.1, -0.05) is 36.7 Å². The number of para-hydroxylation sites is 2. The third-order valence-corrected chi connectivity index (χ3v) is 5.18. The van der Waals surface area contributed by atoms with E-state index >= 15 is 0 Å². The summed E-state index contributed by atoms with van der Waals surface area (Å²) < 4.78 is 5.56. The van der Waals surface area contributed by atoms with Gasteiger partial charge in [-0.25, -0.2) is 0 Å². The van der Waals surface area contributed by atoms with Crippen LogP contribution in [0.15, 0.2) is 47.1 Å². The van der Waals surface area contributed by atoms with Gasteiger partial charge in [0, 0.05) is 26.2 Å². The van der Waals surface area contributed by atoms with Crippen LogP contribution in [0.4, 0.5) is 5.69 Å². The van der Waals surface area contributed by atoms with Crippen LogP contribution in [0.2, 0.25) is 0 Å². The number of piperazine rings is 1. The molecule has 1 heterocycles. The van der Waals surface area contributed by atoms with E-state index in [1.165, 1.54) is 0 Å². The Labute approximate surface area is 177 Å². The number of nitrogens with one attached hydrogen (secondary N) is 1. The minimum atomic E-state index is -0.0407. The highest BCUT2D eigenvalue weighted by molar-refractivity contribution is 6.36. The van der Waals surface area contributed by atoms with Gasteiger partial charge in [-0.2, -0.15) is 0 Å². The Hall–Kier alpha value is -1.69. The fraction of sp³-hybridized carbons (Fsp3) is 0.476. The number of carbonyl (C=O) groups is 1. The zero-order chi connectivity index (χ0) is 20.4. The first-order chi connectivity index (χ1) is 13.6. The molecule has 154 valence electrons. The fourth-order valence-corrected chi connectivity index (χ4v) is 3.38. The third-order valence-electron chi connectivity index (χ3n) is 4.45. The predicted molar refractivity (Wildman–Crippen MR) is 117 cm³/mol. The zero-order valence-corrected chi connectivity index (χ0v) is 18.1. The van der Waals surface area contributed by atoms with Crippen LogP contribution in [0.3, 0.4) is 0 Å². The summed E-state index contributed by atoms with van der Waals surface area (Å²) in [5.74, 6) is 0.949. The number of carbonyl (C=O) groups excluding carboxylic acids is 1. The Bertz CT molecular complexity index is 699. The number of nitrogens with zero attached hydrogens (tertiary/aromatic N) is 2. The maximum atomic E-state index is 12.5. The van der Waals surface area contributed by atoms with Crippen LogP contribution >= 0.6 is 23.2 Å². The number of ether oxygens (including phenoxy) is 1. The van der Waals surface area contributed by atoms with Crippen LogP contribution in [0.5, 0.6) is 5.75 Å². The molecule has 2 rings (SSSR count). The lowest BCUT2D eigenvalue weighted by atomic mass is 10.2. The van der Waals surface area contributed by atoms with E-state index in [1.54, 1.807) is 0 Å². The summed E-state index contributed by atoms with van der Waals surface area (Å²) in [6.07, 6.45) is 5.07. The van der Waals surface area contributed by atoms with Crippen LogP contribution < -0.4 is 10.1 Å². The molecule has 1 aromatic carbocycles. The minimum Gasteiger partial charge on any atom is -0.492 e. The number of rotatable bonds is 9. The van der Waals surface area contributed by atoms with E-state index in [9.17, 15) is 4.79 Å². The average molecular weight is 426 g/mol. The van der Waals surface area contributed by atoms with Crippen LogP contribution in [0, 0.1) is 0 Å². The Balaban J connectivity index is 1.90. The Kier molecular flexibility index (Phi) is 9.68. The molecule has 1 aromatic rings. The second-order valence-electron chi connectivity index (χ2n) is 6.47. The normalized spacial score (nSPS) is 16.2. The van der Waals surface area contributed by atoms with Gasteiger partial charge < -0.3 is 15.0 Å². The van der Waals surface area contributed by atoms with Crippen molar-refractivity contribution < 1.29 is 9.53 Å². The van der Waals surface area contributed by atoms with Gasteiger partial charge in [0.05, 0.1) is 35.4 Å². The van der Waals surface area contributed by atoms with Crippen molar-refractivity contribution in [2.75, 3.05) is 50.5 Å². The molecule has 1 fully saturated rings. The number of allylic oxidation sites excluding steroid dienone is 3. The monoisotopic (exact) mass is 425 g/mol. The number of halogens is 2. The second-order valence-corrected chi connectivity index (χ2v) is 7.20. The van der Waals surface area contributed by atoms with Crippen molar-refractivity contribution in [2.45, 2.75) is 20.3 Å². The lowest BCUT2D eigenvalue weighted by Crippen LogP contribution is -2.48. The Morgan fingerprint density at radius 1 is 1.21 bits per heavy atom. The van der Waals surface area contributed by atoms with Crippen molar-refractivity contribution in [1.82, 2.24) is 9.80 Å². The van der Waals surface area contributed by atoms with Crippen molar-refractivity contribution >= 4 is 34.8 Å². The molecule has 0 radical (unpaired) electrons. The van der Waals surface area contributed by atoms with Crippen molar-refractivity contribution in [1.29, 1.82) is 0 Å². The molecule has 1 amide bonds. The highest BCUT2D eigenvalue weighted by Gasteiger charge is 2.21. The summed E-state index contributed by atoms with van der Waals surface area (Å²) >= 11 is 12.2. The average Bonchev–Trinajstić information content (AvgIpc) is 2.70. The summed E-state index contributed by atoms with van der Waals surface area (Å²) in [6.45, 7) is 8.10. The van der Waals surface area contributed by atoms with E-state index < -0.39 is 0 Å². The number of hydrogen-bond donors (Lipinski definition) is 1. The molecule has 5 nitrogen and oxygen atoms in total. The summed E-state index contributed by atoms with van der Waals surface area (Å²) in [4.78, 5) is 16.8. The molecule has 1 aliphatic heterocycles. The number of anilines is 1. The maximum Gasteiger partial charge on any atom is 0.238 e. The number of hydrogen-bond acceptors (Lipinski definition) is 4. The molecule has 0 spiro atoms. The number of alkyl halides is 1. The second kappa shape index (κ2) is 12.0. The van der Waals surface area contributed by atoms with Crippen LogP contribution in [-0.2, 0) is 4.79 Å². The smallest absolute Gasteiger partial charge is 0.238 e. The molecule has 0 saturated carbocycles. The molecule has 0 aliphatic carbocycles. The maximum absolute atomic E-state index is 12.5. The molecule has 7 heteroatoms. The molecule has 1 saturated heterocycles. The standard InChI is InChI=1S/C21H29Cl2N3O2/c1-3-5-9-19(17(23)15-22)26-13-11-25(12-14-26)16-21(27)24-18-8-6-7-10-20(18)28-4-2/h5-10H,3-4,11-16H2,1-2H3,(H,24,27)/b9-5-,19-17-. The quantitative estimate of drug-likeness (QED) is 0.473. The van der Waals surface area contributed by atoms with Crippen molar-refractivity contribution in [3.8, 4) is 5.75 Å². The molecule has 0 bridgehead atoms. The highest BCUT2D eigenvalue weighted by Crippen LogP contribution is 2.24. The van der Waals surface area contributed by atoms with Gasteiger partial charge in [0.1, 0.15) is 5.75 Å². The van der Waals surface area contributed by atoms with E-state index in [4.69, 9.17) is 27.9 Å². The SMILES string of the molecule is CC/C=C\C(=C(\Cl)CCl)N1CCN(CC(=O)Nc2ccccc2OCC)CC1. The van der Waals surface area contributed by atoms with Gasteiger partial charge in [0.15, 0.2) is 0 Å². The van der Waals surface area contributed by atoms with Crippen LogP contribution in [0.1, 0.15) is 20.3 Å². The largest absolute Gasteiger partial charge is 0.492 e. The summed E-state index contributed by atoms with van der Waals surface area (Å²) in [6, 6.07) is 7.49. The molecule has 0 unspecified atom stereocenters. The number of benzene rings is 1. The molecule has 0 atom stereocenters. The summed E-state index contributed by atoms with van der Waals surface area (Å²) in [7, 11) is 0. The van der Waals surface area contributed by atoms with Crippen molar-refractivity contribution in [2.24, 2.45) is 0 Å². The molecule has 28 heavy (non-hydrogen) atoms. The van der Waals surface area contributed by atoms with Gasteiger partial charge in [-0.05, 0) is 31.6 Å². The first-order valence-electron chi connectivity index (χ1n) is 9.69. The minimum absolute atomic E-state index is 0.0407. The lowest BCUT2D eigenvalue weighted by molar-refractivity contribution is -0.117. The first-order valence-corrected chi connectivity index (χ1v) is 10.6. The van der Waals surface area contributed by atoms with E-state index in [0.29, 0.717) is 35.5 Å². The molecular formula is C21H29Cl2N3O2. The van der Waals surface area contributed by atoms with E-state index in [2.05, 4.69) is 28.1 Å². The van der Waals surface area contributed by atoms with Crippen LogP contribution in [0.25, 0.3) is 0 Å². The van der Waals surface area contributed by atoms with E-state index in [1.807, 2.05) is 37.3 Å². The molecule has 1 N–H and O–H groups in total. The van der Waals surface area contributed by atoms with Gasteiger partial charge in [-0.15, -0.1) is 11.6 Å². The zero-order valence-electron chi connectivity index (χ0n) is 16.6. The van der Waals surface area contributed by atoms with Gasteiger partial charge >= 0.3 is 0 Å². The molecular weight excluding hydrogens is 397 g/mol. The van der Waals surface area contributed by atoms with Gasteiger partial charge in [0.2, 0.25) is 5.91 Å². The topological polar surface area (TPSA) is 44.8 Å². The molecule has 1 aliphatic rings. The Morgan fingerprint density at radius 2 is 1.93 bits per heavy atom. The van der Waals surface area contributed by atoms with E-state index in [0.717, 1.165) is 38.3 Å². The van der Waals surface area contributed by atoms with Crippen LogP contribution in [-0.4, -0.2) is 60.9 Å². The van der Waals surface area contributed by atoms with Gasteiger partial charge in [-0.3, -0.25) is 9.69 Å². The first kappa shape index (κ1) is 22.6. The fourth-order valence-electron chi connectivity index (χ4n) is 3.06. The summed E-state index contributed by atoms with van der Waals surface area (Å²) in [5.41, 5.74) is 1.69. The van der Waals surface area contributed by atoms with Crippen molar-refractivity contribution in [3.05, 3.63) is 47.1 Å². The van der Waals surface area contributed by atoms with Crippen molar-refractivity contribution in [3.63, 3.8) is 0 Å². The Morgan fingerprint density at radius 3 is 2.57 bits per heavy atom. The predicted octanol–water partition coefficient (Wildman–Crippen LogP) is 4.30.